The van der Waals surface area contributed by atoms with Crippen LogP contribution in [0.1, 0.15) is 58.3 Å². The third-order valence-corrected chi connectivity index (χ3v) is 7.09. The first kappa shape index (κ1) is 32.6. The predicted octanol–water partition coefficient (Wildman–Crippen LogP) is 5.25. The highest BCUT2D eigenvalue weighted by Crippen LogP contribution is 2.25. The first-order valence-corrected chi connectivity index (χ1v) is 14.4. The number of halogens is 1. The van der Waals surface area contributed by atoms with Crippen LogP contribution >= 0.6 is 11.6 Å². The van der Waals surface area contributed by atoms with Gasteiger partial charge in [0.05, 0.1) is 0 Å². The van der Waals surface area contributed by atoms with Crippen molar-refractivity contribution in [2.45, 2.75) is 45.9 Å². The van der Waals surface area contributed by atoms with E-state index in [4.69, 9.17) is 27.9 Å². The molecule has 4 N–H and O–H groups in total. The molecule has 234 valence electrons. The molecule has 1 heterocycles. The number of hydrogen-bond acceptors (Lipinski definition) is 9. The van der Waals surface area contributed by atoms with E-state index in [1.165, 1.54) is 0 Å². The topological polar surface area (TPSA) is 181 Å². The summed E-state index contributed by atoms with van der Waals surface area (Å²) in [6.07, 6.45) is 2.40. The third-order valence-electron chi connectivity index (χ3n) is 6.81. The van der Waals surface area contributed by atoms with E-state index in [1.54, 1.807) is 36.4 Å². The minimum Gasteiger partial charge on any atom is -0.442 e. The van der Waals surface area contributed by atoms with Crippen LogP contribution in [0.25, 0.3) is 11.1 Å². The van der Waals surface area contributed by atoms with Crippen molar-refractivity contribution >= 4 is 29.8 Å². The highest BCUT2D eigenvalue weighted by molar-refractivity contribution is 6.31. The molecule has 0 fully saturated rings. The molecule has 4 rings (SSSR count). The molecule has 1 amide bonds. The summed E-state index contributed by atoms with van der Waals surface area (Å²) in [7, 11) is 0. The number of unbranched alkanes of at least 4 members (excludes halogenated alkanes) is 1. The van der Waals surface area contributed by atoms with Crippen molar-refractivity contribution in [3.63, 3.8) is 0 Å². The number of aryl methyl sites for hydroxylation is 1. The Morgan fingerprint density at radius 3 is 2.49 bits per heavy atom. The number of carbonyl (C=O) groups excluding carboxylic acids is 2. The Kier molecular flexibility index (Phi) is 11.2. The average Bonchev–Trinajstić information content (AvgIpc) is 3.35. The molecular weight excluding hydrogens is 602 g/mol. The Morgan fingerprint density at radius 1 is 1.09 bits per heavy atom. The van der Waals surface area contributed by atoms with Gasteiger partial charge in [0.25, 0.3) is 5.09 Å². The first-order valence-electron chi connectivity index (χ1n) is 14.0. The maximum absolute atomic E-state index is 12.5. The van der Waals surface area contributed by atoms with Gasteiger partial charge in [0.15, 0.2) is 17.3 Å². The van der Waals surface area contributed by atoms with Gasteiger partial charge in [0, 0.05) is 18.5 Å². The lowest BCUT2D eigenvalue weighted by Crippen LogP contribution is -2.35. The highest BCUT2D eigenvalue weighted by atomic mass is 35.5. The second kappa shape index (κ2) is 15.5. The molecule has 4 aromatic rings. The van der Waals surface area contributed by atoms with Crippen LogP contribution in [0.3, 0.4) is 0 Å². The summed E-state index contributed by atoms with van der Waals surface area (Å²) < 4.78 is 7.06. The van der Waals surface area contributed by atoms with Gasteiger partial charge < -0.3 is 19.9 Å². The Labute approximate surface area is 264 Å². The van der Waals surface area contributed by atoms with Crippen molar-refractivity contribution in [2.24, 2.45) is 16.7 Å². The van der Waals surface area contributed by atoms with Crippen LogP contribution in [0.5, 0.6) is 0 Å². The molecule has 0 aliphatic heterocycles. The number of benzene rings is 3. The summed E-state index contributed by atoms with van der Waals surface area (Å²) >= 11 is 6.22. The summed E-state index contributed by atoms with van der Waals surface area (Å²) in [6.45, 7) is 2.13. The molecule has 14 heteroatoms. The molecule has 0 unspecified atom stereocenters. The zero-order chi connectivity index (χ0) is 32.3. The molecule has 13 nitrogen and oxygen atoms in total. The normalized spacial score (nSPS) is 11.2. The van der Waals surface area contributed by atoms with Gasteiger partial charge in [-0.15, -0.1) is 20.3 Å². The molecular formula is C31H32ClN7O6. The fraction of sp³-hybridized carbons (Fsp3) is 0.226. The van der Waals surface area contributed by atoms with Crippen molar-refractivity contribution in [2.75, 3.05) is 0 Å². The number of aldehydes is 1. The van der Waals surface area contributed by atoms with Gasteiger partial charge in [-0.05, 0) is 34.2 Å². The van der Waals surface area contributed by atoms with Crippen LogP contribution in [0.15, 0.2) is 77.9 Å². The van der Waals surface area contributed by atoms with E-state index in [2.05, 4.69) is 21.8 Å². The van der Waals surface area contributed by atoms with Crippen molar-refractivity contribution < 1.29 is 24.3 Å². The largest absolute Gasteiger partial charge is 0.445 e. The average molecular weight is 634 g/mol. The zero-order valence-corrected chi connectivity index (χ0v) is 25.2. The standard InChI is InChI=1S/C31H32ClN7O6/c1-2-3-11-28-35-29(32)27(18-40)37(28)17-21-12-14-24(15-13-21)25-9-4-5-10-26(25)30(33)36-38(34)31(41)44-19-22-7-6-8-23(16-22)20-45-39(42)43/h4-10,12-16,18H,2-3,11,17,19-20,34H2,1H3,(H2,33,36). The quantitative estimate of drug-likeness (QED) is 0.0356. The molecule has 45 heavy (non-hydrogen) atoms. The number of hydrazine groups is 1. The molecule has 0 saturated carbocycles. The highest BCUT2D eigenvalue weighted by Gasteiger charge is 2.17. The summed E-state index contributed by atoms with van der Waals surface area (Å²) in [6, 6.07) is 21.6. The van der Waals surface area contributed by atoms with Gasteiger partial charge in [0.2, 0.25) is 0 Å². The van der Waals surface area contributed by atoms with Crippen LogP contribution in [0.4, 0.5) is 4.79 Å². The van der Waals surface area contributed by atoms with E-state index in [0.717, 1.165) is 41.6 Å². The van der Waals surface area contributed by atoms with Gasteiger partial charge in [-0.1, -0.05) is 97.7 Å². The Hall–Kier alpha value is -5.27. The molecule has 0 spiro atoms. The van der Waals surface area contributed by atoms with Crippen LogP contribution < -0.4 is 11.6 Å². The van der Waals surface area contributed by atoms with Crippen molar-refractivity contribution in [1.82, 2.24) is 14.7 Å². The van der Waals surface area contributed by atoms with E-state index in [1.807, 2.05) is 41.0 Å². The van der Waals surface area contributed by atoms with Gasteiger partial charge in [0.1, 0.15) is 24.7 Å². The number of imidazole rings is 1. The lowest BCUT2D eigenvalue weighted by Gasteiger charge is -2.15. The van der Waals surface area contributed by atoms with Crippen molar-refractivity contribution in [1.29, 1.82) is 0 Å². The number of aromatic nitrogens is 2. The van der Waals surface area contributed by atoms with Crippen LogP contribution in [-0.4, -0.2) is 38.0 Å². The molecule has 0 saturated heterocycles. The second-order valence-corrected chi connectivity index (χ2v) is 10.3. The summed E-state index contributed by atoms with van der Waals surface area (Å²) in [5.41, 5.74) is 10.8. The van der Waals surface area contributed by atoms with E-state index in [0.29, 0.717) is 40.5 Å². The monoisotopic (exact) mass is 633 g/mol. The third kappa shape index (κ3) is 8.65. The smallest absolute Gasteiger partial charge is 0.442 e. The molecule has 0 aliphatic rings. The maximum Gasteiger partial charge on any atom is 0.445 e. The number of nitrogens with two attached hydrogens (primary N) is 2. The zero-order valence-electron chi connectivity index (χ0n) is 24.5. The van der Waals surface area contributed by atoms with E-state index in [9.17, 15) is 19.7 Å². The SMILES string of the molecule is CCCCc1nc(Cl)c(C=O)n1Cc1ccc(-c2ccccc2/C(N)=N/N(N)C(=O)OCc2cccc(CO[N+](=O)[O-])c2)cc1. The number of hydrazone groups is 1. The number of hydrogen-bond donors (Lipinski definition) is 2. The summed E-state index contributed by atoms with van der Waals surface area (Å²) in [5, 5.41) is 14.3. The Morgan fingerprint density at radius 2 is 1.80 bits per heavy atom. The minimum absolute atomic E-state index is 0.0164. The molecule has 0 bridgehead atoms. The number of rotatable bonds is 14. The van der Waals surface area contributed by atoms with Gasteiger partial charge >= 0.3 is 6.09 Å². The summed E-state index contributed by atoms with van der Waals surface area (Å²) in [4.78, 5) is 43.4. The second-order valence-electron chi connectivity index (χ2n) is 9.96. The Bertz CT molecular complexity index is 1690. The van der Waals surface area contributed by atoms with Crippen molar-refractivity contribution in [3.05, 3.63) is 122 Å². The van der Waals surface area contributed by atoms with Gasteiger partial charge in [-0.2, -0.15) is 0 Å². The van der Waals surface area contributed by atoms with Crippen LogP contribution in [0.2, 0.25) is 5.15 Å². The fourth-order valence-corrected chi connectivity index (χ4v) is 4.83. The fourth-order valence-electron chi connectivity index (χ4n) is 4.58. The molecule has 3 aromatic carbocycles. The lowest BCUT2D eigenvalue weighted by atomic mass is 9.98. The molecule has 0 aliphatic carbocycles. The lowest BCUT2D eigenvalue weighted by molar-refractivity contribution is -0.763. The van der Waals surface area contributed by atoms with Crippen molar-refractivity contribution in [3.8, 4) is 11.1 Å². The number of amidine groups is 1. The summed E-state index contributed by atoms with van der Waals surface area (Å²) in [5.74, 6) is 6.59. The van der Waals surface area contributed by atoms with E-state index >= 15 is 0 Å². The molecule has 0 radical (unpaired) electrons. The van der Waals surface area contributed by atoms with E-state index < -0.39 is 11.2 Å². The number of nitrogens with zero attached hydrogens (tertiary/aromatic N) is 5. The van der Waals surface area contributed by atoms with Gasteiger partial charge in [-0.25, -0.2) is 15.6 Å². The Balaban J connectivity index is 1.45. The predicted molar refractivity (Wildman–Crippen MR) is 167 cm³/mol. The van der Waals surface area contributed by atoms with E-state index in [-0.39, 0.29) is 24.2 Å². The van der Waals surface area contributed by atoms with Gasteiger partial charge in [-0.3, -0.25) is 4.79 Å². The number of ether oxygens (including phenoxy) is 1. The van der Waals surface area contributed by atoms with Crippen LogP contribution in [0, 0.1) is 10.1 Å². The maximum atomic E-state index is 12.5. The minimum atomic E-state index is -0.959. The molecule has 1 aromatic heterocycles. The number of carbonyl (C=O) groups is 2. The number of amides is 1. The van der Waals surface area contributed by atoms with Crippen LogP contribution in [-0.2, 0) is 35.8 Å². The first-order chi connectivity index (χ1) is 21.7. The molecule has 0 atom stereocenters.